The molecular weight excluding hydrogens is 240 g/mol. The van der Waals surface area contributed by atoms with Crippen molar-refractivity contribution in [3.8, 4) is 10.7 Å². The SMILES string of the molecule is CC(N)c1nccnc1-c1ncc(C(=O)O)s1. The number of aromatic nitrogens is 3. The number of nitrogens with two attached hydrogens (primary N) is 1. The summed E-state index contributed by atoms with van der Waals surface area (Å²) in [5.41, 5.74) is 6.93. The van der Waals surface area contributed by atoms with Crippen LogP contribution in [-0.4, -0.2) is 26.0 Å². The maximum Gasteiger partial charge on any atom is 0.347 e. The third-order valence-corrected chi connectivity index (χ3v) is 3.07. The molecule has 0 aliphatic heterocycles. The minimum absolute atomic E-state index is 0.168. The highest BCUT2D eigenvalue weighted by atomic mass is 32.1. The lowest BCUT2D eigenvalue weighted by Gasteiger charge is -2.07. The quantitative estimate of drug-likeness (QED) is 0.851. The van der Waals surface area contributed by atoms with Crippen molar-refractivity contribution in [2.24, 2.45) is 5.73 Å². The van der Waals surface area contributed by atoms with Crippen molar-refractivity contribution >= 4 is 17.3 Å². The van der Waals surface area contributed by atoms with Crippen molar-refractivity contribution in [3.63, 3.8) is 0 Å². The molecule has 1 unspecified atom stereocenters. The predicted molar refractivity (Wildman–Crippen MR) is 62.7 cm³/mol. The number of hydrogen-bond acceptors (Lipinski definition) is 6. The van der Waals surface area contributed by atoms with Crippen molar-refractivity contribution in [2.75, 3.05) is 0 Å². The summed E-state index contributed by atoms with van der Waals surface area (Å²) >= 11 is 1.06. The summed E-state index contributed by atoms with van der Waals surface area (Å²) in [6.07, 6.45) is 4.39. The lowest BCUT2D eigenvalue weighted by molar-refractivity contribution is 0.0702. The van der Waals surface area contributed by atoms with Gasteiger partial charge in [-0.25, -0.2) is 9.78 Å². The Morgan fingerprint density at radius 1 is 1.41 bits per heavy atom. The lowest BCUT2D eigenvalue weighted by Crippen LogP contribution is -2.09. The van der Waals surface area contributed by atoms with E-state index in [0.29, 0.717) is 16.4 Å². The van der Waals surface area contributed by atoms with E-state index in [-0.39, 0.29) is 10.9 Å². The van der Waals surface area contributed by atoms with Gasteiger partial charge in [0.2, 0.25) is 0 Å². The van der Waals surface area contributed by atoms with Crippen LogP contribution in [0.1, 0.15) is 28.3 Å². The smallest absolute Gasteiger partial charge is 0.347 e. The Bertz CT molecular complexity index is 553. The molecule has 0 saturated heterocycles. The second kappa shape index (κ2) is 4.56. The van der Waals surface area contributed by atoms with Gasteiger partial charge in [-0.3, -0.25) is 9.97 Å². The number of thiazole rings is 1. The lowest BCUT2D eigenvalue weighted by atomic mass is 10.2. The van der Waals surface area contributed by atoms with E-state index in [1.165, 1.54) is 12.4 Å². The van der Waals surface area contributed by atoms with Crippen molar-refractivity contribution in [1.29, 1.82) is 0 Å². The fraction of sp³-hybridized carbons (Fsp3) is 0.200. The number of carboxylic acids is 1. The van der Waals surface area contributed by atoms with Gasteiger partial charge >= 0.3 is 5.97 Å². The second-order valence-corrected chi connectivity index (χ2v) is 4.44. The summed E-state index contributed by atoms with van der Waals surface area (Å²) in [4.78, 5) is 23.3. The van der Waals surface area contributed by atoms with E-state index in [1.54, 1.807) is 13.1 Å². The van der Waals surface area contributed by atoms with Gasteiger partial charge in [0, 0.05) is 18.4 Å². The zero-order valence-corrected chi connectivity index (χ0v) is 9.81. The zero-order valence-electron chi connectivity index (χ0n) is 8.99. The molecule has 2 aromatic heterocycles. The van der Waals surface area contributed by atoms with E-state index in [2.05, 4.69) is 15.0 Å². The molecule has 17 heavy (non-hydrogen) atoms. The Balaban J connectivity index is 2.48. The molecule has 2 rings (SSSR count). The van der Waals surface area contributed by atoms with Crippen molar-refractivity contribution in [2.45, 2.75) is 13.0 Å². The van der Waals surface area contributed by atoms with Crippen LogP contribution in [-0.2, 0) is 0 Å². The maximum absolute atomic E-state index is 10.8. The molecule has 0 spiro atoms. The third-order valence-electron chi connectivity index (χ3n) is 2.08. The van der Waals surface area contributed by atoms with Gasteiger partial charge in [-0.15, -0.1) is 11.3 Å². The van der Waals surface area contributed by atoms with Crippen LogP contribution < -0.4 is 5.73 Å². The van der Waals surface area contributed by atoms with Crippen LogP contribution >= 0.6 is 11.3 Å². The van der Waals surface area contributed by atoms with Gasteiger partial charge in [0.05, 0.1) is 11.9 Å². The minimum Gasteiger partial charge on any atom is -0.477 e. The van der Waals surface area contributed by atoms with Crippen molar-refractivity contribution in [3.05, 3.63) is 29.2 Å². The molecule has 88 valence electrons. The van der Waals surface area contributed by atoms with E-state index in [9.17, 15) is 4.79 Å². The molecule has 3 N–H and O–H groups in total. The number of aromatic carboxylic acids is 1. The van der Waals surface area contributed by atoms with Crippen molar-refractivity contribution < 1.29 is 9.90 Å². The third kappa shape index (κ3) is 2.29. The maximum atomic E-state index is 10.8. The summed E-state index contributed by atoms with van der Waals surface area (Å²) in [5.74, 6) is -1.00. The summed E-state index contributed by atoms with van der Waals surface area (Å²) in [6.45, 7) is 1.79. The van der Waals surface area contributed by atoms with Crippen molar-refractivity contribution in [1.82, 2.24) is 15.0 Å². The molecule has 7 heteroatoms. The Morgan fingerprint density at radius 3 is 2.71 bits per heavy atom. The van der Waals surface area contributed by atoms with E-state index < -0.39 is 5.97 Å². The predicted octanol–water partition coefficient (Wildman–Crippen LogP) is 1.32. The second-order valence-electron chi connectivity index (χ2n) is 3.41. The number of carboxylic acid groups (broad SMARTS) is 1. The average Bonchev–Trinajstić information content (AvgIpc) is 2.78. The first-order valence-electron chi connectivity index (χ1n) is 4.85. The highest BCUT2D eigenvalue weighted by Crippen LogP contribution is 2.27. The summed E-state index contributed by atoms with van der Waals surface area (Å²) < 4.78 is 0. The number of nitrogens with zero attached hydrogens (tertiary/aromatic N) is 3. The normalized spacial score (nSPS) is 12.4. The van der Waals surface area contributed by atoms with Crippen LogP contribution in [0.3, 0.4) is 0 Å². The zero-order chi connectivity index (χ0) is 12.4. The fourth-order valence-corrected chi connectivity index (χ4v) is 2.09. The molecule has 0 amide bonds. The van der Waals surface area contributed by atoms with E-state index >= 15 is 0 Å². The molecule has 2 aromatic rings. The Morgan fingerprint density at radius 2 is 2.12 bits per heavy atom. The molecule has 0 fully saturated rings. The summed E-state index contributed by atoms with van der Waals surface area (Å²) in [7, 11) is 0. The van der Waals surface area contributed by atoms with Crippen LogP contribution in [0.15, 0.2) is 18.6 Å². The van der Waals surface area contributed by atoms with E-state index in [0.717, 1.165) is 11.3 Å². The number of rotatable bonds is 3. The first-order chi connectivity index (χ1) is 8.09. The minimum atomic E-state index is -1.00. The van der Waals surface area contributed by atoms with Gasteiger partial charge in [0.15, 0.2) is 0 Å². The van der Waals surface area contributed by atoms with Crippen LogP contribution in [0.2, 0.25) is 0 Å². The monoisotopic (exact) mass is 250 g/mol. The number of hydrogen-bond donors (Lipinski definition) is 2. The standard InChI is InChI=1S/C10H10N4O2S/c1-5(11)7-8(13-3-2-12-7)9-14-4-6(17-9)10(15)16/h2-5H,11H2,1H3,(H,15,16). The highest BCUT2D eigenvalue weighted by molar-refractivity contribution is 7.16. The topological polar surface area (TPSA) is 102 Å². The molecule has 0 radical (unpaired) electrons. The van der Waals surface area contributed by atoms with Crippen LogP contribution in [0.25, 0.3) is 10.7 Å². The van der Waals surface area contributed by atoms with Gasteiger partial charge in [-0.2, -0.15) is 0 Å². The van der Waals surface area contributed by atoms with Crippen LogP contribution in [0.4, 0.5) is 0 Å². The molecule has 6 nitrogen and oxygen atoms in total. The first kappa shape index (κ1) is 11.6. The molecule has 2 heterocycles. The van der Waals surface area contributed by atoms with Crippen LogP contribution in [0, 0.1) is 0 Å². The molecule has 1 atom stereocenters. The number of carbonyl (C=O) groups is 1. The van der Waals surface area contributed by atoms with E-state index in [1.807, 2.05) is 0 Å². The molecule has 0 aliphatic carbocycles. The van der Waals surface area contributed by atoms with Gasteiger partial charge in [-0.05, 0) is 6.92 Å². The Hall–Kier alpha value is -1.86. The average molecular weight is 250 g/mol. The van der Waals surface area contributed by atoms with Gasteiger partial charge in [-0.1, -0.05) is 0 Å². The molecule has 0 aromatic carbocycles. The highest BCUT2D eigenvalue weighted by Gasteiger charge is 2.16. The van der Waals surface area contributed by atoms with Gasteiger partial charge in [0.1, 0.15) is 15.6 Å². The molecule has 0 saturated carbocycles. The first-order valence-corrected chi connectivity index (χ1v) is 5.67. The summed E-state index contributed by atoms with van der Waals surface area (Å²) in [5, 5.41) is 9.35. The fourth-order valence-electron chi connectivity index (χ4n) is 1.33. The van der Waals surface area contributed by atoms with E-state index in [4.69, 9.17) is 10.8 Å². The van der Waals surface area contributed by atoms with Crippen LogP contribution in [0.5, 0.6) is 0 Å². The Kier molecular flexibility index (Phi) is 3.12. The summed E-state index contributed by atoms with van der Waals surface area (Å²) in [6, 6.07) is -0.282. The Labute approximate surface area is 101 Å². The molecule has 0 bridgehead atoms. The van der Waals surface area contributed by atoms with Gasteiger partial charge in [0.25, 0.3) is 0 Å². The largest absolute Gasteiger partial charge is 0.477 e. The van der Waals surface area contributed by atoms with Gasteiger partial charge < -0.3 is 10.8 Å². The molecular formula is C10H10N4O2S. The molecule has 0 aliphatic rings.